The summed E-state index contributed by atoms with van der Waals surface area (Å²) < 4.78 is 10.7. The van der Waals surface area contributed by atoms with Gasteiger partial charge in [-0.1, -0.05) is 36.0 Å². The van der Waals surface area contributed by atoms with Crippen LogP contribution in [-0.4, -0.2) is 52.4 Å². The number of ether oxygens (including phenoxy) is 2. The van der Waals surface area contributed by atoms with E-state index >= 15 is 0 Å². The zero-order valence-electron chi connectivity index (χ0n) is 16.4. The van der Waals surface area contributed by atoms with Crippen molar-refractivity contribution in [3.05, 3.63) is 59.2 Å². The highest BCUT2D eigenvalue weighted by atomic mass is 32.2. The second-order valence-corrected chi connectivity index (χ2v) is 7.65. The molecule has 0 fully saturated rings. The average Bonchev–Trinajstić information content (AvgIpc) is 3.21. The molecule has 0 radical (unpaired) electrons. The molecule has 7 nitrogen and oxygen atoms in total. The number of urea groups is 1. The number of aliphatic imine (C=N–C) groups is 1. The molecule has 0 aliphatic carbocycles. The molecule has 2 aromatic carbocycles. The second-order valence-electron chi connectivity index (χ2n) is 6.87. The number of nitrogens with zero attached hydrogens (tertiary/aromatic N) is 3. The van der Waals surface area contributed by atoms with Gasteiger partial charge in [0.25, 0.3) is 0 Å². The normalized spacial score (nSPS) is 18.4. The molecular formula is C21H23N3O4S. The van der Waals surface area contributed by atoms with Crippen LogP contribution in [0.5, 0.6) is 11.5 Å². The Morgan fingerprint density at radius 1 is 1.17 bits per heavy atom. The first kappa shape index (κ1) is 19.6. The number of thioether (sulfide) groups is 1. The van der Waals surface area contributed by atoms with Gasteiger partial charge in [0.2, 0.25) is 6.35 Å². The van der Waals surface area contributed by atoms with Gasteiger partial charge in [0.1, 0.15) is 11.5 Å². The molecule has 1 unspecified atom stereocenters. The molecule has 2 heterocycles. The molecular weight excluding hydrogens is 390 g/mol. The van der Waals surface area contributed by atoms with Gasteiger partial charge in [-0.2, -0.15) is 4.99 Å². The summed E-state index contributed by atoms with van der Waals surface area (Å²) in [6.07, 6.45) is 1.60. The molecule has 2 aliphatic rings. The number of hydrogen-bond donors (Lipinski definition) is 1. The topological polar surface area (TPSA) is 74.6 Å². The molecule has 2 aliphatic heterocycles. The summed E-state index contributed by atoms with van der Waals surface area (Å²) in [6.45, 7) is 1.38. The van der Waals surface area contributed by atoms with Gasteiger partial charge in [-0.3, -0.25) is 4.90 Å². The number of amidine groups is 1. The lowest BCUT2D eigenvalue weighted by atomic mass is 10.1. The van der Waals surface area contributed by atoms with Crippen molar-refractivity contribution in [2.45, 2.75) is 25.9 Å². The number of aliphatic hydroxyl groups is 1. The molecule has 0 spiro atoms. The SMILES string of the molecule is COc1ccc(CN2C(SC)=NC(=O)N(Cc3ccc4c(c3)CCO4)C2O)cc1. The highest BCUT2D eigenvalue weighted by Crippen LogP contribution is 2.28. The number of hydrogen-bond acceptors (Lipinski definition) is 6. The Kier molecular flexibility index (Phi) is 5.64. The van der Waals surface area contributed by atoms with Crippen molar-refractivity contribution in [2.75, 3.05) is 20.0 Å². The van der Waals surface area contributed by atoms with Crippen LogP contribution in [0.25, 0.3) is 0 Å². The highest BCUT2D eigenvalue weighted by molar-refractivity contribution is 8.13. The van der Waals surface area contributed by atoms with Crippen molar-refractivity contribution >= 4 is 23.0 Å². The predicted octanol–water partition coefficient (Wildman–Crippen LogP) is 3.06. The third kappa shape index (κ3) is 4.04. The summed E-state index contributed by atoms with van der Waals surface area (Å²) in [7, 11) is 1.62. The van der Waals surface area contributed by atoms with E-state index < -0.39 is 12.4 Å². The van der Waals surface area contributed by atoms with Crippen molar-refractivity contribution in [2.24, 2.45) is 4.99 Å². The Hall–Kier alpha value is -2.71. The number of fused-ring (bicyclic) bond motifs is 1. The first-order chi connectivity index (χ1) is 14.1. The monoisotopic (exact) mass is 413 g/mol. The lowest BCUT2D eigenvalue weighted by molar-refractivity contribution is -0.0653. The lowest BCUT2D eigenvalue weighted by Gasteiger charge is -2.39. The van der Waals surface area contributed by atoms with Crippen LogP contribution in [0.3, 0.4) is 0 Å². The fraction of sp³-hybridized carbons (Fsp3) is 0.333. The summed E-state index contributed by atoms with van der Waals surface area (Å²) in [4.78, 5) is 19.9. The van der Waals surface area contributed by atoms with Gasteiger partial charge < -0.3 is 19.5 Å². The fourth-order valence-corrected chi connectivity index (χ4v) is 4.06. The molecule has 8 heteroatoms. The van der Waals surface area contributed by atoms with Gasteiger partial charge in [-0.15, -0.1) is 0 Å². The van der Waals surface area contributed by atoms with Crippen LogP contribution in [0.1, 0.15) is 16.7 Å². The predicted molar refractivity (Wildman–Crippen MR) is 112 cm³/mol. The Morgan fingerprint density at radius 2 is 1.90 bits per heavy atom. The largest absolute Gasteiger partial charge is 0.497 e. The van der Waals surface area contributed by atoms with E-state index in [2.05, 4.69) is 4.99 Å². The smallest absolute Gasteiger partial charge is 0.349 e. The summed E-state index contributed by atoms with van der Waals surface area (Å²) in [6, 6.07) is 13.0. The average molecular weight is 413 g/mol. The van der Waals surface area contributed by atoms with Crippen molar-refractivity contribution in [1.82, 2.24) is 9.80 Å². The molecule has 29 heavy (non-hydrogen) atoms. The first-order valence-electron chi connectivity index (χ1n) is 9.34. The van der Waals surface area contributed by atoms with Gasteiger partial charge in [0.05, 0.1) is 20.3 Å². The number of amides is 2. The third-order valence-electron chi connectivity index (χ3n) is 5.04. The molecule has 152 valence electrons. The van der Waals surface area contributed by atoms with Gasteiger partial charge in [-0.25, -0.2) is 4.79 Å². The molecule has 1 atom stereocenters. The van der Waals surface area contributed by atoms with Crippen molar-refractivity contribution < 1.29 is 19.4 Å². The number of carbonyl (C=O) groups is 1. The summed E-state index contributed by atoms with van der Waals surface area (Å²) in [5.74, 6) is 1.66. The van der Waals surface area contributed by atoms with Crippen LogP contribution < -0.4 is 9.47 Å². The minimum atomic E-state index is -1.10. The maximum Gasteiger partial charge on any atom is 0.349 e. The quantitative estimate of drug-likeness (QED) is 0.812. The van der Waals surface area contributed by atoms with Crippen LogP contribution in [-0.2, 0) is 19.5 Å². The van der Waals surface area contributed by atoms with Crippen molar-refractivity contribution in [3.8, 4) is 11.5 Å². The third-order valence-corrected chi connectivity index (χ3v) is 5.73. The minimum absolute atomic E-state index is 0.275. The summed E-state index contributed by atoms with van der Waals surface area (Å²) in [5.41, 5.74) is 3.05. The Bertz CT molecular complexity index is 932. The molecule has 0 bridgehead atoms. The minimum Gasteiger partial charge on any atom is -0.497 e. The van der Waals surface area contributed by atoms with Crippen molar-refractivity contribution in [3.63, 3.8) is 0 Å². The van der Waals surface area contributed by atoms with E-state index in [9.17, 15) is 9.90 Å². The summed E-state index contributed by atoms with van der Waals surface area (Å²) >= 11 is 1.34. The number of rotatable bonds is 5. The van der Waals surface area contributed by atoms with Crippen LogP contribution in [0, 0.1) is 0 Å². The maximum atomic E-state index is 12.6. The van der Waals surface area contributed by atoms with Gasteiger partial charge in [-0.05, 0) is 41.1 Å². The first-order valence-corrected chi connectivity index (χ1v) is 10.6. The van der Waals surface area contributed by atoms with Gasteiger partial charge in [0, 0.05) is 13.0 Å². The highest BCUT2D eigenvalue weighted by Gasteiger charge is 2.34. The molecule has 2 amide bonds. The fourth-order valence-electron chi connectivity index (χ4n) is 3.50. The molecule has 4 rings (SSSR count). The Labute approximate surface area is 173 Å². The molecule has 0 saturated carbocycles. The van der Waals surface area contributed by atoms with Gasteiger partial charge in [0.15, 0.2) is 5.17 Å². The lowest BCUT2D eigenvalue weighted by Crippen LogP contribution is -2.54. The van der Waals surface area contributed by atoms with E-state index in [1.807, 2.05) is 48.7 Å². The van der Waals surface area contributed by atoms with Crippen LogP contribution >= 0.6 is 11.8 Å². The van der Waals surface area contributed by atoms with E-state index in [-0.39, 0.29) is 6.54 Å². The number of benzene rings is 2. The van der Waals surface area contributed by atoms with Crippen LogP contribution in [0.15, 0.2) is 47.5 Å². The molecule has 0 saturated heterocycles. The van der Waals surface area contributed by atoms with Crippen LogP contribution in [0.4, 0.5) is 4.79 Å². The summed E-state index contributed by atoms with van der Waals surface area (Å²) in [5, 5.41) is 11.5. The standard InChI is InChI=1S/C21H23N3O4S/c1-27-17-6-3-14(4-7-17)12-24-20(29-2)22-19(25)23(21(24)26)13-15-5-8-18-16(11-15)9-10-28-18/h3-8,11,21,26H,9-10,12-13H2,1-2H3. The zero-order chi connectivity index (χ0) is 20.4. The van der Waals surface area contributed by atoms with Gasteiger partial charge >= 0.3 is 6.03 Å². The van der Waals surface area contributed by atoms with E-state index in [0.29, 0.717) is 18.3 Å². The van der Waals surface area contributed by atoms with Crippen LogP contribution in [0.2, 0.25) is 0 Å². The van der Waals surface area contributed by atoms with E-state index in [0.717, 1.165) is 34.6 Å². The van der Waals surface area contributed by atoms with E-state index in [4.69, 9.17) is 9.47 Å². The zero-order valence-corrected chi connectivity index (χ0v) is 17.2. The molecule has 2 aromatic rings. The molecule has 1 N–H and O–H groups in total. The number of aliphatic hydroxyl groups excluding tert-OH is 1. The number of carbonyl (C=O) groups excluding carboxylic acids is 1. The Morgan fingerprint density at radius 3 is 2.62 bits per heavy atom. The van der Waals surface area contributed by atoms with E-state index in [1.165, 1.54) is 16.7 Å². The van der Waals surface area contributed by atoms with E-state index in [1.54, 1.807) is 12.0 Å². The number of methoxy groups -OCH3 is 1. The second kappa shape index (κ2) is 8.34. The van der Waals surface area contributed by atoms with Crippen molar-refractivity contribution in [1.29, 1.82) is 0 Å². The maximum absolute atomic E-state index is 12.6. The molecule has 0 aromatic heterocycles. The Balaban J connectivity index is 1.55.